The third kappa shape index (κ3) is 1.99. The Morgan fingerprint density at radius 3 is 2.43 bits per heavy atom. The van der Waals surface area contributed by atoms with Gasteiger partial charge in [0, 0.05) is 6.20 Å². The molecule has 1 rings (SSSR count). The van der Waals surface area contributed by atoms with E-state index in [1.807, 2.05) is 0 Å². The van der Waals surface area contributed by atoms with Crippen molar-refractivity contribution in [2.24, 2.45) is 0 Å². The van der Waals surface area contributed by atoms with E-state index in [9.17, 15) is 18.3 Å². The van der Waals surface area contributed by atoms with Crippen LogP contribution in [0.5, 0.6) is 0 Å². The molecule has 0 radical (unpaired) electrons. The molecule has 2 nitrogen and oxygen atoms in total. The smallest absolute Gasteiger partial charge is 0.376 e. The fraction of sp³-hybridized carbons (Fsp3) is 0.375. The monoisotopic (exact) mass is 225 g/mol. The molecule has 0 saturated heterocycles. The Labute approximate surface area is 83.3 Å². The summed E-state index contributed by atoms with van der Waals surface area (Å²) in [7, 11) is 0. The average Bonchev–Trinajstić information content (AvgIpc) is 2.02. The van der Waals surface area contributed by atoms with Crippen LogP contribution in [0.15, 0.2) is 18.3 Å². The molecule has 6 heteroatoms. The lowest BCUT2D eigenvalue weighted by Gasteiger charge is -2.26. The minimum Gasteiger partial charge on any atom is -0.376 e. The Kier molecular flexibility index (Phi) is 2.74. The Morgan fingerprint density at radius 1 is 1.43 bits per heavy atom. The van der Waals surface area contributed by atoms with E-state index >= 15 is 0 Å². The van der Waals surface area contributed by atoms with Gasteiger partial charge in [0.25, 0.3) is 0 Å². The Balaban J connectivity index is 3.16. The van der Waals surface area contributed by atoms with Gasteiger partial charge in [-0.15, -0.1) is 0 Å². The molecule has 0 spiro atoms. The van der Waals surface area contributed by atoms with Gasteiger partial charge in [0.1, 0.15) is 5.15 Å². The summed E-state index contributed by atoms with van der Waals surface area (Å²) in [4.78, 5) is 3.52. The molecule has 0 aliphatic heterocycles. The van der Waals surface area contributed by atoms with Gasteiger partial charge in [-0.2, -0.15) is 13.2 Å². The van der Waals surface area contributed by atoms with Gasteiger partial charge in [-0.25, -0.2) is 4.98 Å². The second kappa shape index (κ2) is 3.40. The lowest BCUT2D eigenvalue weighted by atomic mass is 9.97. The molecule has 1 atom stereocenters. The summed E-state index contributed by atoms with van der Waals surface area (Å²) in [5, 5.41) is 9.14. The average molecular weight is 226 g/mol. The van der Waals surface area contributed by atoms with Crippen LogP contribution in [-0.2, 0) is 5.60 Å². The molecule has 78 valence electrons. The molecule has 0 aliphatic carbocycles. The normalized spacial score (nSPS) is 16.4. The summed E-state index contributed by atoms with van der Waals surface area (Å²) in [5.41, 5.74) is -3.23. The molecule has 0 aliphatic rings. The van der Waals surface area contributed by atoms with Gasteiger partial charge in [-0.1, -0.05) is 11.6 Å². The highest BCUT2D eigenvalue weighted by atomic mass is 35.5. The molecule has 0 unspecified atom stereocenters. The number of alkyl halides is 3. The highest BCUT2D eigenvalue weighted by Crippen LogP contribution is 2.38. The predicted octanol–water partition coefficient (Wildman–Crippen LogP) is 2.50. The zero-order chi connectivity index (χ0) is 11.0. The largest absolute Gasteiger partial charge is 0.421 e. The molecular weight excluding hydrogens is 219 g/mol. The summed E-state index contributed by atoms with van der Waals surface area (Å²) < 4.78 is 37.0. The molecule has 1 aromatic rings. The number of pyridine rings is 1. The van der Waals surface area contributed by atoms with E-state index in [1.54, 1.807) is 0 Å². The molecule has 0 aromatic carbocycles. The fourth-order valence-electron chi connectivity index (χ4n) is 0.869. The SMILES string of the molecule is C[C@@](O)(c1ccnc(Cl)c1)C(F)(F)F. The summed E-state index contributed by atoms with van der Waals surface area (Å²) in [6.07, 6.45) is -3.63. The van der Waals surface area contributed by atoms with Crippen LogP contribution in [0.2, 0.25) is 5.15 Å². The van der Waals surface area contributed by atoms with E-state index < -0.39 is 11.8 Å². The summed E-state index contributed by atoms with van der Waals surface area (Å²) in [5.74, 6) is 0. The van der Waals surface area contributed by atoms with Crippen molar-refractivity contribution in [1.29, 1.82) is 0 Å². The summed E-state index contributed by atoms with van der Waals surface area (Å²) in [6.45, 7) is 0.665. The van der Waals surface area contributed by atoms with Gasteiger partial charge in [0.2, 0.25) is 0 Å². The molecular formula is C8H7ClF3NO. The minimum absolute atomic E-state index is 0.0907. The van der Waals surface area contributed by atoms with E-state index in [2.05, 4.69) is 4.98 Å². The zero-order valence-electron chi connectivity index (χ0n) is 7.14. The Morgan fingerprint density at radius 2 is 2.00 bits per heavy atom. The number of nitrogens with zero attached hydrogens (tertiary/aromatic N) is 1. The van der Waals surface area contributed by atoms with Crippen molar-refractivity contribution in [3.63, 3.8) is 0 Å². The number of hydrogen-bond acceptors (Lipinski definition) is 2. The standard InChI is InChI=1S/C8H7ClF3NO/c1-7(14,8(10,11)12)5-2-3-13-6(9)4-5/h2-4,14H,1H3/t7-/m1/s1. The topological polar surface area (TPSA) is 33.1 Å². The molecule has 1 N–H and O–H groups in total. The van der Waals surface area contributed by atoms with E-state index in [-0.39, 0.29) is 10.7 Å². The number of rotatable bonds is 1. The molecule has 0 bridgehead atoms. The zero-order valence-corrected chi connectivity index (χ0v) is 7.89. The second-order valence-electron chi connectivity index (χ2n) is 2.94. The van der Waals surface area contributed by atoms with Crippen molar-refractivity contribution >= 4 is 11.6 Å². The van der Waals surface area contributed by atoms with Gasteiger partial charge in [-0.05, 0) is 24.6 Å². The van der Waals surface area contributed by atoms with Gasteiger partial charge in [-0.3, -0.25) is 0 Å². The quantitative estimate of drug-likeness (QED) is 0.745. The molecule has 14 heavy (non-hydrogen) atoms. The maximum absolute atomic E-state index is 12.3. The lowest BCUT2D eigenvalue weighted by molar-refractivity contribution is -0.258. The van der Waals surface area contributed by atoms with Crippen molar-refractivity contribution in [3.8, 4) is 0 Å². The van der Waals surface area contributed by atoms with Gasteiger partial charge < -0.3 is 5.11 Å². The van der Waals surface area contributed by atoms with E-state index in [0.717, 1.165) is 18.3 Å². The molecule has 1 heterocycles. The first-order chi connectivity index (χ1) is 6.25. The van der Waals surface area contributed by atoms with Crippen LogP contribution in [0.1, 0.15) is 12.5 Å². The fourth-order valence-corrected chi connectivity index (χ4v) is 1.04. The van der Waals surface area contributed by atoms with Crippen LogP contribution in [-0.4, -0.2) is 16.3 Å². The number of halogens is 4. The molecule has 0 saturated carbocycles. The first-order valence-electron chi connectivity index (χ1n) is 3.66. The van der Waals surface area contributed by atoms with E-state index in [0.29, 0.717) is 6.92 Å². The lowest BCUT2D eigenvalue weighted by Crippen LogP contribution is -2.39. The molecule has 1 aromatic heterocycles. The van der Waals surface area contributed by atoms with Crippen molar-refractivity contribution in [1.82, 2.24) is 4.98 Å². The molecule has 0 fully saturated rings. The minimum atomic E-state index is -4.74. The van der Waals surface area contributed by atoms with E-state index in [4.69, 9.17) is 11.6 Å². The Hall–Kier alpha value is -0.810. The highest BCUT2D eigenvalue weighted by Gasteiger charge is 2.51. The number of aromatic nitrogens is 1. The third-order valence-electron chi connectivity index (χ3n) is 1.84. The third-order valence-corrected chi connectivity index (χ3v) is 2.05. The van der Waals surface area contributed by atoms with Crippen LogP contribution < -0.4 is 0 Å². The summed E-state index contributed by atoms with van der Waals surface area (Å²) >= 11 is 5.41. The van der Waals surface area contributed by atoms with Crippen molar-refractivity contribution in [2.45, 2.75) is 18.7 Å². The van der Waals surface area contributed by atoms with E-state index in [1.165, 1.54) is 0 Å². The second-order valence-corrected chi connectivity index (χ2v) is 3.32. The number of aliphatic hydroxyl groups is 1. The summed E-state index contributed by atoms with van der Waals surface area (Å²) in [6, 6.07) is 2.05. The van der Waals surface area contributed by atoms with Crippen LogP contribution in [0.25, 0.3) is 0 Å². The van der Waals surface area contributed by atoms with Crippen molar-refractivity contribution < 1.29 is 18.3 Å². The van der Waals surface area contributed by atoms with Crippen LogP contribution in [0.4, 0.5) is 13.2 Å². The van der Waals surface area contributed by atoms with Crippen molar-refractivity contribution in [2.75, 3.05) is 0 Å². The first-order valence-corrected chi connectivity index (χ1v) is 4.04. The number of hydrogen-bond donors (Lipinski definition) is 1. The van der Waals surface area contributed by atoms with Gasteiger partial charge in [0.05, 0.1) is 0 Å². The molecule has 0 amide bonds. The van der Waals surface area contributed by atoms with Crippen LogP contribution >= 0.6 is 11.6 Å². The van der Waals surface area contributed by atoms with Gasteiger partial charge >= 0.3 is 6.18 Å². The Bertz CT molecular complexity index is 338. The van der Waals surface area contributed by atoms with Crippen molar-refractivity contribution in [3.05, 3.63) is 29.0 Å². The maximum atomic E-state index is 12.3. The maximum Gasteiger partial charge on any atom is 0.421 e. The first kappa shape index (κ1) is 11.3. The van der Waals surface area contributed by atoms with Gasteiger partial charge in [0.15, 0.2) is 5.60 Å². The predicted molar refractivity (Wildman–Crippen MR) is 44.9 cm³/mol. The van der Waals surface area contributed by atoms with Crippen LogP contribution in [0.3, 0.4) is 0 Å². The van der Waals surface area contributed by atoms with Crippen LogP contribution in [0, 0.1) is 0 Å². The highest BCUT2D eigenvalue weighted by molar-refractivity contribution is 6.29.